The predicted molar refractivity (Wildman–Crippen MR) is 172 cm³/mol. The molecule has 0 saturated heterocycles. The minimum Gasteiger partial charge on any atom is -0.467 e. The zero-order valence-electron chi connectivity index (χ0n) is 24.8. The molecule has 6 heteroatoms. The fourth-order valence-electron chi connectivity index (χ4n) is 6.72. The number of rotatable bonds is 9. The molecule has 1 heterocycles. The number of methoxy groups -OCH3 is 1. The molecule has 0 spiro atoms. The van der Waals surface area contributed by atoms with E-state index in [2.05, 4.69) is 77.1 Å². The van der Waals surface area contributed by atoms with Crippen LogP contribution < -0.4 is 10.6 Å². The number of nitrogens with one attached hydrogen (secondary N) is 3. The molecule has 0 aliphatic heterocycles. The van der Waals surface area contributed by atoms with Crippen molar-refractivity contribution in [1.29, 1.82) is 0 Å². The van der Waals surface area contributed by atoms with Crippen LogP contribution in [0.2, 0.25) is 0 Å². The Bertz CT molecular complexity index is 1720. The van der Waals surface area contributed by atoms with Crippen molar-refractivity contribution in [3.8, 4) is 0 Å². The van der Waals surface area contributed by atoms with Gasteiger partial charge in [0.05, 0.1) is 7.11 Å². The maximum Gasteiger partial charge on any atom is 0.328 e. The van der Waals surface area contributed by atoms with Gasteiger partial charge in [-0.05, 0) is 77.8 Å². The molecule has 43 heavy (non-hydrogen) atoms. The highest BCUT2D eigenvalue weighted by atomic mass is 16.5. The van der Waals surface area contributed by atoms with E-state index in [0.717, 1.165) is 35.7 Å². The zero-order valence-corrected chi connectivity index (χ0v) is 24.8. The van der Waals surface area contributed by atoms with Crippen molar-refractivity contribution >= 4 is 33.6 Å². The van der Waals surface area contributed by atoms with E-state index in [1.165, 1.54) is 35.4 Å². The van der Waals surface area contributed by atoms with E-state index >= 15 is 0 Å². The first kappa shape index (κ1) is 28.7. The Labute approximate surface area is 252 Å². The summed E-state index contributed by atoms with van der Waals surface area (Å²) in [7, 11) is 1.35. The zero-order chi connectivity index (χ0) is 29.8. The van der Waals surface area contributed by atoms with Crippen LogP contribution in [0.3, 0.4) is 0 Å². The van der Waals surface area contributed by atoms with Crippen LogP contribution in [0.4, 0.5) is 0 Å². The van der Waals surface area contributed by atoms with Crippen LogP contribution in [0.15, 0.2) is 97.2 Å². The Hall–Kier alpha value is -4.42. The molecule has 1 amide bonds. The second-order valence-electron chi connectivity index (χ2n) is 11.8. The lowest BCUT2D eigenvalue weighted by molar-refractivity contribution is -0.142. The van der Waals surface area contributed by atoms with Crippen molar-refractivity contribution in [3.63, 3.8) is 0 Å². The summed E-state index contributed by atoms with van der Waals surface area (Å²) in [5.74, 6) is -0.310. The number of hydrogen-bond acceptors (Lipinski definition) is 4. The fraction of sp³-hybridized carbons (Fsp3) is 0.297. The number of benzene rings is 4. The standard InChI is InChI=1S/C37H39N3O3/c1-24(31-15-8-10-26-9-3-4-13-32(26)31)39-30-12-7-11-28(21-30)25-17-19-27(20-18-25)36(41)40-35(37(42)43-2)22-29-23-38-34-16-6-5-14-33(29)34/h3-6,8-10,13-20,23-24,28,30,35,38-39H,7,11-12,21-22H2,1-2H3,(H,40,41)/t24-,28+,30+,35-/m1/s1. The van der Waals surface area contributed by atoms with Crippen molar-refractivity contribution in [3.05, 3.63) is 119 Å². The molecule has 6 rings (SSSR count). The van der Waals surface area contributed by atoms with E-state index in [1.54, 1.807) is 0 Å². The smallest absolute Gasteiger partial charge is 0.328 e. The molecule has 1 fully saturated rings. The van der Waals surface area contributed by atoms with Gasteiger partial charge in [0.2, 0.25) is 0 Å². The highest BCUT2D eigenvalue weighted by Gasteiger charge is 2.26. The summed E-state index contributed by atoms with van der Waals surface area (Å²) in [5, 5.41) is 10.4. The molecule has 3 N–H and O–H groups in total. The van der Waals surface area contributed by atoms with Crippen molar-refractivity contribution in [1.82, 2.24) is 15.6 Å². The van der Waals surface area contributed by atoms with Gasteiger partial charge in [-0.1, -0.05) is 79.2 Å². The van der Waals surface area contributed by atoms with Crippen LogP contribution in [0, 0.1) is 0 Å². The average molecular weight is 574 g/mol. The Kier molecular flexibility index (Phi) is 8.57. The summed E-state index contributed by atoms with van der Waals surface area (Å²) in [6.07, 6.45) is 6.76. The summed E-state index contributed by atoms with van der Waals surface area (Å²) in [5.41, 5.74) is 5.07. The summed E-state index contributed by atoms with van der Waals surface area (Å²) in [6.45, 7) is 2.26. The Balaban J connectivity index is 1.09. The van der Waals surface area contributed by atoms with E-state index in [4.69, 9.17) is 4.74 Å². The van der Waals surface area contributed by atoms with Gasteiger partial charge in [-0.2, -0.15) is 0 Å². The van der Waals surface area contributed by atoms with Crippen LogP contribution in [0.25, 0.3) is 21.7 Å². The SMILES string of the molecule is COC(=O)[C@@H](Cc1c[nH]c2ccccc12)NC(=O)c1ccc([C@H]2CCC[C@H](N[C@H](C)c3cccc4ccccc34)C2)cc1. The molecule has 4 atom stereocenters. The lowest BCUT2D eigenvalue weighted by Crippen LogP contribution is -2.43. The minimum absolute atomic E-state index is 0.257. The quantitative estimate of drug-likeness (QED) is 0.163. The van der Waals surface area contributed by atoms with E-state index in [0.29, 0.717) is 23.9 Å². The molecule has 0 bridgehead atoms. The van der Waals surface area contributed by atoms with Crippen LogP contribution >= 0.6 is 0 Å². The number of aromatic nitrogens is 1. The summed E-state index contributed by atoms with van der Waals surface area (Å²) < 4.78 is 5.03. The molecule has 0 unspecified atom stereocenters. The van der Waals surface area contributed by atoms with E-state index in [9.17, 15) is 9.59 Å². The molecular formula is C37H39N3O3. The van der Waals surface area contributed by atoms with Gasteiger partial charge in [-0.25, -0.2) is 4.79 Å². The van der Waals surface area contributed by atoms with E-state index in [-0.39, 0.29) is 11.9 Å². The van der Waals surface area contributed by atoms with Gasteiger partial charge in [-0.3, -0.25) is 4.79 Å². The van der Waals surface area contributed by atoms with Crippen molar-refractivity contribution in [2.45, 2.75) is 63.1 Å². The molecule has 220 valence electrons. The van der Waals surface area contributed by atoms with Crippen molar-refractivity contribution in [2.75, 3.05) is 7.11 Å². The van der Waals surface area contributed by atoms with Gasteiger partial charge in [0.1, 0.15) is 6.04 Å². The van der Waals surface area contributed by atoms with Crippen LogP contribution in [-0.2, 0) is 16.0 Å². The predicted octanol–water partition coefficient (Wildman–Crippen LogP) is 7.21. The van der Waals surface area contributed by atoms with Gasteiger partial charge >= 0.3 is 5.97 Å². The summed E-state index contributed by atoms with van der Waals surface area (Å²) >= 11 is 0. The molecule has 6 nitrogen and oxygen atoms in total. The first-order valence-electron chi connectivity index (χ1n) is 15.3. The van der Waals surface area contributed by atoms with Crippen LogP contribution in [0.5, 0.6) is 0 Å². The number of ether oxygens (including phenoxy) is 1. The number of aromatic amines is 1. The van der Waals surface area contributed by atoms with Crippen molar-refractivity contribution in [2.24, 2.45) is 0 Å². The first-order chi connectivity index (χ1) is 21.0. The largest absolute Gasteiger partial charge is 0.467 e. The van der Waals surface area contributed by atoms with Gasteiger partial charge in [0.15, 0.2) is 0 Å². The number of H-pyrrole nitrogens is 1. The Morgan fingerprint density at radius 3 is 2.47 bits per heavy atom. The number of fused-ring (bicyclic) bond motifs is 2. The lowest BCUT2D eigenvalue weighted by Gasteiger charge is -2.32. The number of carbonyl (C=O) groups is 2. The molecule has 1 aliphatic rings. The molecule has 1 saturated carbocycles. The van der Waals surface area contributed by atoms with Gasteiger partial charge in [-0.15, -0.1) is 0 Å². The fourth-order valence-corrected chi connectivity index (χ4v) is 6.72. The third-order valence-corrected chi connectivity index (χ3v) is 8.98. The third-order valence-electron chi connectivity index (χ3n) is 8.98. The number of carbonyl (C=O) groups excluding carboxylic acids is 2. The monoisotopic (exact) mass is 573 g/mol. The van der Waals surface area contributed by atoms with Gasteiger partial charge in [0, 0.05) is 41.2 Å². The van der Waals surface area contributed by atoms with Gasteiger partial charge < -0.3 is 20.4 Å². The van der Waals surface area contributed by atoms with Crippen LogP contribution in [0.1, 0.15) is 71.6 Å². The number of esters is 1. The third kappa shape index (κ3) is 6.35. The Morgan fingerprint density at radius 2 is 1.65 bits per heavy atom. The molecule has 0 radical (unpaired) electrons. The summed E-state index contributed by atoms with van der Waals surface area (Å²) in [4.78, 5) is 29.1. The molecule has 1 aliphatic carbocycles. The van der Waals surface area contributed by atoms with Crippen LogP contribution in [-0.4, -0.2) is 36.1 Å². The number of amides is 1. The van der Waals surface area contributed by atoms with Gasteiger partial charge in [0.25, 0.3) is 5.91 Å². The summed E-state index contributed by atoms with van der Waals surface area (Å²) in [6, 6.07) is 30.8. The minimum atomic E-state index is -0.787. The normalized spacial score (nSPS) is 18.3. The molecule has 1 aromatic heterocycles. The van der Waals surface area contributed by atoms with E-state index < -0.39 is 12.0 Å². The van der Waals surface area contributed by atoms with E-state index in [1.807, 2.05) is 42.6 Å². The average Bonchev–Trinajstić information content (AvgIpc) is 3.46. The van der Waals surface area contributed by atoms with Crippen molar-refractivity contribution < 1.29 is 14.3 Å². The maximum atomic E-state index is 13.2. The molecule has 4 aromatic carbocycles. The Morgan fingerprint density at radius 1 is 0.907 bits per heavy atom. The first-order valence-corrected chi connectivity index (χ1v) is 15.3. The lowest BCUT2D eigenvalue weighted by atomic mass is 9.80. The maximum absolute atomic E-state index is 13.2. The second kappa shape index (κ2) is 12.8. The molecule has 5 aromatic rings. The highest BCUT2D eigenvalue weighted by molar-refractivity contribution is 5.97. The number of para-hydroxylation sites is 1. The second-order valence-corrected chi connectivity index (χ2v) is 11.8. The highest BCUT2D eigenvalue weighted by Crippen LogP contribution is 2.35. The molecular weight excluding hydrogens is 534 g/mol. The topological polar surface area (TPSA) is 83.2 Å². The number of hydrogen-bond donors (Lipinski definition) is 3.